The molecule has 0 radical (unpaired) electrons. The van der Waals surface area contributed by atoms with Crippen molar-refractivity contribution in [2.24, 2.45) is 4.99 Å². The van der Waals surface area contributed by atoms with E-state index in [2.05, 4.69) is 23.7 Å². The summed E-state index contributed by atoms with van der Waals surface area (Å²) in [6, 6.07) is 8.16. The Balaban J connectivity index is 2.52. The maximum atomic E-state index is 5.98. The number of nitrogens with zero attached hydrogens (tertiary/aromatic N) is 1. The van der Waals surface area contributed by atoms with Crippen LogP contribution in [0, 0.1) is 0 Å². The van der Waals surface area contributed by atoms with Gasteiger partial charge in [0, 0.05) is 6.42 Å². The van der Waals surface area contributed by atoms with E-state index in [4.69, 9.17) is 11.6 Å². The predicted octanol–water partition coefficient (Wildman–Crippen LogP) is 4.61. The molecular formula is C16H16ClN. The summed E-state index contributed by atoms with van der Waals surface area (Å²) in [5.74, 6) is 0.389. The number of hydrogen-bond acceptors (Lipinski definition) is 1. The van der Waals surface area contributed by atoms with E-state index in [9.17, 15) is 0 Å². The third-order valence-corrected chi connectivity index (χ3v) is 3.23. The van der Waals surface area contributed by atoms with Gasteiger partial charge in [-0.2, -0.15) is 0 Å². The summed E-state index contributed by atoms with van der Waals surface area (Å²) in [6.45, 7) is 6.13. The second kappa shape index (κ2) is 5.83. The number of alkyl halides is 1. The van der Waals surface area contributed by atoms with E-state index in [0.29, 0.717) is 5.88 Å². The van der Waals surface area contributed by atoms with E-state index in [0.717, 1.165) is 23.4 Å². The molecule has 0 amide bonds. The van der Waals surface area contributed by atoms with E-state index >= 15 is 0 Å². The quantitative estimate of drug-likeness (QED) is 0.686. The first-order valence-corrected chi connectivity index (χ1v) is 6.52. The summed E-state index contributed by atoms with van der Waals surface area (Å²) in [6.07, 6.45) is 6.98. The van der Waals surface area contributed by atoms with Crippen LogP contribution in [-0.4, -0.2) is 11.6 Å². The van der Waals surface area contributed by atoms with Crippen LogP contribution < -0.4 is 0 Å². The van der Waals surface area contributed by atoms with Crippen LogP contribution in [0.15, 0.2) is 65.2 Å². The van der Waals surface area contributed by atoms with Crippen molar-refractivity contribution in [2.75, 3.05) is 5.88 Å². The Hall–Kier alpha value is -1.60. The normalized spacial score (nSPS) is 17.8. The highest BCUT2D eigenvalue weighted by Crippen LogP contribution is 2.29. The highest BCUT2D eigenvalue weighted by Gasteiger charge is 2.16. The van der Waals surface area contributed by atoms with Crippen LogP contribution in [0.4, 0.5) is 5.69 Å². The lowest BCUT2D eigenvalue weighted by molar-refractivity contribution is 1.19. The lowest BCUT2D eigenvalue weighted by atomic mass is 9.97. The van der Waals surface area contributed by atoms with Crippen molar-refractivity contribution in [3.8, 4) is 0 Å². The molecule has 0 saturated carbocycles. The van der Waals surface area contributed by atoms with E-state index in [1.165, 1.54) is 11.1 Å². The molecule has 1 aromatic rings. The number of allylic oxidation sites excluding steroid dienone is 5. The number of para-hydroxylation sites is 1. The molecule has 0 bridgehead atoms. The first-order chi connectivity index (χ1) is 8.76. The van der Waals surface area contributed by atoms with E-state index < -0.39 is 0 Å². The van der Waals surface area contributed by atoms with Crippen molar-refractivity contribution in [2.45, 2.75) is 13.3 Å². The average Bonchev–Trinajstić information content (AvgIpc) is 2.54. The van der Waals surface area contributed by atoms with Crippen molar-refractivity contribution in [3.05, 3.63) is 65.8 Å². The minimum Gasteiger partial charge on any atom is -0.251 e. The predicted molar refractivity (Wildman–Crippen MR) is 80.0 cm³/mol. The zero-order chi connectivity index (χ0) is 13.0. The number of rotatable bonds is 2. The number of hydrogen-bond donors (Lipinski definition) is 0. The molecule has 1 aliphatic rings. The summed E-state index contributed by atoms with van der Waals surface area (Å²) in [5.41, 5.74) is 5.20. The van der Waals surface area contributed by atoms with Gasteiger partial charge in [0.15, 0.2) is 0 Å². The van der Waals surface area contributed by atoms with Gasteiger partial charge in [-0.3, -0.25) is 4.99 Å². The lowest BCUT2D eigenvalue weighted by Crippen LogP contribution is -2.05. The number of aliphatic imine (C=N–C) groups is 1. The van der Waals surface area contributed by atoms with Crippen LogP contribution in [0.3, 0.4) is 0 Å². The smallest absolute Gasteiger partial charge is 0.0669 e. The molecule has 1 nitrogen and oxygen atoms in total. The van der Waals surface area contributed by atoms with Gasteiger partial charge < -0.3 is 0 Å². The molecule has 0 fully saturated rings. The molecule has 0 aliphatic carbocycles. The molecule has 0 aromatic heterocycles. The second-order valence-corrected chi connectivity index (χ2v) is 4.46. The molecule has 0 saturated heterocycles. The minimum absolute atomic E-state index is 0.389. The summed E-state index contributed by atoms with van der Waals surface area (Å²) in [7, 11) is 0. The Morgan fingerprint density at radius 3 is 2.89 bits per heavy atom. The second-order valence-electron chi connectivity index (χ2n) is 4.19. The molecule has 0 spiro atoms. The van der Waals surface area contributed by atoms with Crippen LogP contribution in [0.5, 0.6) is 0 Å². The van der Waals surface area contributed by atoms with E-state index in [-0.39, 0.29) is 0 Å². The Bertz CT molecular complexity index is 550. The van der Waals surface area contributed by atoms with Gasteiger partial charge in [-0.15, -0.1) is 11.6 Å². The molecule has 0 atom stereocenters. The van der Waals surface area contributed by atoms with Crippen LogP contribution in [-0.2, 0) is 6.42 Å². The van der Waals surface area contributed by atoms with Crippen LogP contribution in [0.25, 0.3) is 0 Å². The fraction of sp³-hybridized carbons (Fsp3) is 0.188. The summed E-state index contributed by atoms with van der Waals surface area (Å²) >= 11 is 5.98. The maximum absolute atomic E-state index is 5.98. The fourth-order valence-electron chi connectivity index (χ4n) is 1.96. The topological polar surface area (TPSA) is 12.4 Å². The van der Waals surface area contributed by atoms with Crippen LogP contribution in [0.2, 0.25) is 0 Å². The van der Waals surface area contributed by atoms with Gasteiger partial charge in [0.25, 0.3) is 0 Å². The highest BCUT2D eigenvalue weighted by atomic mass is 35.5. The number of halogens is 1. The third-order valence-electron chi connectivity index (χ3n) is 2.98. The first-order valence-electron chi connectivity index (χ1n) is 5.99. The van der Waals surface area contributed by atoms with Gasteiger partial charge in [0.1, 0.15) is 0 Å². The molecular weight excluding hydrogens is 242 g/mol. The minimum atomic E-state index is 0.389. The van der Waals surface area contributed by atoms with Gasteiger partial charge >= 0.3 is 0 Å². The van der Waals surface area contributed by atoms with Crippen LogP contribution in [0.1, 0.15) is 12.5 Å². The van der Waals surface area contributed by atoms with Crippen molar-refractivity contribution < 1.29 is 0 Å². The molecule has 0 unspecified atom stereocenters. The van der Waals surface area contributed by atoms with Crippen molar-refractivity contribution >= 4 is 23.0 Å². The van der Waals surface area contributed by atoms with Crippen LogP contribution >= 0.6 is 11.6 Å². The molecule has 2 heteroatoms. The maximum Gasteiger partial charge on any atom is 0.0669 e. The molecule has 18 heavy (non-hydrogen) atoms. The molecule has 1 aliphatic heterocycles. The first kappa shape index (κ1) is 12.8. The molecule has 2 rings (SSSR count). The molecule has 1 aromatic carbocycles. The zero-order valence-electron chi connectivity index (χ0n) is 10.5. The van der Waals surface area contributed by atoms with Gasteiger partial charge in [-0.1, -0.05) is 43.0 Å². The Morgan fingerprint density at radius 1 is 1.39 bits per heavy atom. The Kier molecular flexibility index (Phi) is 4.16. The summed E-state index contributed by atoms with van der Waals surface area (Å²) < 4.78 is 0. The van der Waals surface area contributed by atoms with Gasteiger partial charge in [0.2, 0.25) is 0 Å². The lowest BCUT2D eigenvalue weighted by Gasteiger charge is -2.07. The standard InChI is InChI=1S/C16H16ClN/c1-3-4-7-13-10-14-8-5-6-9-15(14)18-16(11-17)12(13)2/h3-9H,2,10-11H2,1H3/b4-3-,13-7-. The fourth-order valence-corrected chi connectivity index (χ4v) is 2.18. The largest absolute Gasteiger partial charge is 0.251 e. The molecule has 92 valence electrons. The monoisotopic (exact) mass is 257 g/mol. The van der Waals surface area contributed by atoms with Gasteiger partial charge in [-0.05, 0) is 29.7 Å². The Morgan fingerprint density at radius 2 is 2.17 bits per heavy atom. The molecule has 1 heterocycles. The number of fused-ring (bicyclic) bond motifs is 1. The van der Waals surface area contributed by atoms with Crippen molar-refractivity contribution in [1.29, 1.82) is 0 Å². The van der Waals surface area contributed by atoms with Crippen molar-refractivity contribution in [1.82, 2.24) is 0 Å². The van der Waals surface area contributed by atoms with E-state index in [1.54, 1.807) is 0 Å². The number of benzene rings is 1. The van der Waals surface area contributed by atoms with Gasteiger partial charge in [0.05, 0.1) is 17.3 Å². The third kappa shape index (κ3) is 2.62. The van der Waals surface area contributed by atoms with Crippen molar-refractivity contribution in [3.63, 3.8) is 0 Å². The summed E-state index contributed by atoms with van der Waals surface area (Å²) in [4.78, 5) is 4.62. The molecule has 0 N–H and O–H groups in total. The van der Waals surface area contributed by atoms with E-state index in [1.807, 2.05) is 37.3 Å². The highest BCUT2D eigenvalue weighted by molar-refractivity contribution is 6.32. The summed E-state index contributed by atoms with van der Waals surface area (Å²) in [5, 5.41) is 0. The SMILES string of the molecule is C=C1C(CCl)=Nc2ccccc2C/C1=C/C=C\C. The Labute approximate surface area is 113 Å². The average molecular weight is 258 g/mol. The zero-order valence-corrected chi connectivity index (χ0v) is 11.2. The van der Waals surface area contributed by atoms with Gasteiger partial charge in [-0.25, -0.2) is 0 Å².